The van der Waals surface area contributed by atoms with Crippen molar-refractivity contribution in [2.75, 3.05) is 10.5 Å². The van der Waals surface area contributed by atoms with Crippen LogP contribution in [0, 0.1) is 13.8 Å². The highest BCUT2D eigenvalue weighted by molar-refractivity contribution is 7.93. The van der Waals surface area contributed by atoms with Crippen LogP contribution in [0.15, 0.2) is 17.0 Å². The van der Waals surface area contributed by atoms with Gasteiger partial charge < -0.3 is 5.73 Å². The number of hydrogen-bond acceptors (Lipinski definition) is 7. The number of aryl methyl sites for hydroxylation is 1. The van der Waals surface area contributed by atoms with Crippen LogP contribution in [-0.2, 0) is 10.0 Å². The van der Waals surface area contributed by atoms with Crippen LogP contribution >= 0.6 is 11.5 Å². The van der Waals surface area contributed by atoms with E-state index < -0.39 is 10.0 Å². The summed E-state index contributed by atoms with van der Waals surface area (Å²) in [6.45, 7) is 3.37. The van der Waals surface area contributed by atoms with Crippen molar-refractivity contribution in [2.45, 2.75) is 18.7 Å². The number of nitrogens with two attached hydrogens (primary N) is 1. The van der Waals surface area contributed by atoms with Crippen LogP contribution in [0.25, 0.3) is 0 Å². The second-order valence-corrected chi connectivity index (χ2v) is 6.05. The molecule has 3 N–H and O–H groups in total. The molecule has 0 unspecified atom stereocenters. The fourth-order valence-electron chi connectivity index (χ4n) is 1.59. The maximum atomic E-state index is 12.2. The lowest BCUT2D eigenvalue weighted by molar-refractivity contribution is 0.600. The van der Waals surface area contributed by atoms with E-state index in [4.69, 9.17) is 5.73 Å². The van der Waals surface area contributed by atoms with Crippen molar-refractivity contribution in [3.8, 4) is 0 Å². The second kappa shape index (κ2) is 4.50. The summed E-state index contributed by atoms with van der Waals surface area (Å²) in [5.74, 6) is 0. The summed E-state index contributed by atoms with van der Waals surface area (Å²) in [5, 5.41) is 7.00. The fraction of sp³-hybridized carbons (Fsp3) is 0.222. The Hall–Kier alpha value is -1.74. The third-order valence-corrected chi connectivity index (χ3v) is 4.70. The summed E-state index contributed by atoms with van der Waals surface area (Å²) >= 11 is 0.867. The Morgan fingerprint density at radius 2 is 2.06 bits per heavy atom. The monoisotopic (exact) mass is 285 g/mol. The second-order valence-electron chi connectivity index (χ2n) is 3.70. The van der Waals surface area contributed by atoms with Gasteiger partial charge >= 0.3 is 0 Å². The van der Waals surface area contributed by atoms with Gasteiger partial charge in [0, 0.05) is 17.2 Å². The zero-order chi connectivity index (χ0) is 13.3. The van der Waals surface area contributed by atoms with Gasteiger partial charge in [0.05, 0.1) is 4.90 Å². The van der Waals surface area contributed by atoms with Gasteiger partial charge in [-0.05, 0) is 36.3 Å². The first-order chi connectivity index (χ1) is 8.42. The highest BCUT2D eigenvalue weighted by atomic mass is 32.2. The summed E-state index contributed by atoms with van der Waals surface area (Å²) < 4.78 is 30.3. The van der Waals surface area contributed by atoms with Gasteiger partial charge in [0.2, 0.25) is 5.13 Å². The molecule has 0 saturated heterocycles. The van der Waals surface area contributed by atoms with Crippen LogP contribution in [0.3, 0.4) is 0 Å². The molecule has 0 fully saturated rings. The van der Waals surface area contributed by atoms with Gasteiger partial charge in [0.1, 0.15) is 0 Å². The molecule has 0 bridgehead atoms. The lowest BCUT2D eigenvalue weighted by Crippen LogP contribution is -2.16. The first-order valence-electron chi connectivity index (χ1n) is 4.95. The van der Waals surface area contributed by atoms with Crippen LogP contribution in [0.4, 0.5) is 10.8 Å². The third kappa shape index (κ3) is 2.27. The number of nitrogens with one attached hydrogen (secondary N) is 1. The Morgan fingerprint density at radius 1 is 1.33 bits per heavy atom. The average molecular weight is 285 g/mol. The standard InChI is InChI=1S/C9H11N5O2S2/c1-5-3-4-7(10)6(2)8(5)18(15,16)12-9-11-13-14-17-9/h3-4H,10H2,1-2H3,(H,11,12,14). The maximum Gasteiger partial charge on any atom is 0.264 e. The van der Waals surface area contributed by atoms with E-state index in [9.17, 15) is 8.42 Å². The van der Waals surface area contributed by atoms with Crippen molar-refractivity contribution in [1.82, 2.24) is 14.8 Å². The highest BCUT2D eigenvalue weighted by Crippen LogP contribution is 2.26. The van der Waals surface area contributed by atoms with E-state index >= 15 is 0 Å². The van der Waals surface area contributed by atoms with Gasteiger partial charge in [0.15, 0.2) is 0 Å². The predicted octanol–water partition coefficient (Wildman–Crippen LogP) is 0.933. The third-order valence-electron chi connectivity index (χ3n) is 2.43. The molecule has 1 aromatic heterocycles. The van der Waals surface area contributed by atoms with E-state index in [1.807, 2.05) is 0 Å². The lowest BCUT2D eigenvalue weighted by Gasteiger charge is -2.12. The van der Waals surface area contributed by atoms with Crippen LogP contribution in [0.2, 0.25) is 0 Å². The first kappa shape index (κ1) is 12.7. The number of benzene rings is 1. The van der Waals surface area contributed by atoms with E-state index in [0.29, 0.717) is 16.8 Å². The van der Waals surface area contributed by atoms with E-state index in [2.05, 4.69) is 19.5 Å². The van der Waals surface area contributed by atoms with Gasteiger partial charge in [-0.1, -0.05) is 15.7 Å². The number of aromatic nitrogens is 3. The number of hydrogen-bond donors (Lipinski definition) is 2. The number of sulfonamides is 1. The molecular weight excluding hydrogens is 274 g/mol. The Balaban J connectivity index is 2.51. The van der Waals surface area contributed by atoms with Gasteiger partial charge in [-0.2, -0.15) is 0 Å². The van der Waals surface area contributed by atoms with Crippen molar-refractivity contribution in [1.29, 1.82) is 0 Å². The number of nitrogen functional groups attached to an aromatic ring is 1. The molecule has 2 rings (SSSR count). The zero-order valence-electron chi connectivity index (χ0n) is 9.71. The molecule has 1 aromatic carbocycles. The number of nitrogens with zero attached hydrogens (tertiary/aromatic N) is 3. The molecule has 0 amide bonds. The molecule has 1 heterocycles. The molecule has 9 heteroatoms. The molecule has 7 nitrogen and oxygen atoms in total. The normalized spacial score (nSPS) is 11.4. The highest BCUT2D eigenvalue weighted by Gasteiger charge is 2.22. The Labute approximate surface area is 108 Å². The lowest BCUT2D eigenvalue weighted by atomic mass is 10.1. The zero-order valence-corrected chi connectivity index (χ0v) is 11.3. The van der Waals surface area contributed by atoms with E-state index in [0.717, 1.165) is 11.5 Å². The molecule has 0 atom stereocenters. The molecule has 96 valence electrons. The Bertz CT molecular complexity index is 667. The van der Waals surface area contributed by atoms with Crippen LogP contribution < -0.4 is 10.5 Å². The van der Waals surface area contributed by atoms with Crippen molar-refractivity contribution in [3.63, 3.8) is 0 Å². The van der Waals surface area contributed by atoms with Gasteiger partial charge in [-0.15, -0.1) is 0 Å². The number of anilines is 2. The molecule has 2 aromatic rings. The van der Waals surface area contributed by atoms with Crippen molar-refractivity contribution in [2.24, 2.45) is 0 Å². The van der Waals surface area contributed by atoms with Gasteiger partial charge in [0.25, 0.3) is 10.0 Å². The van der Waals surface area contributed by atoms with E-state index in [1.165, 1.54) is 0 Å². The number of rotatable bonds is 3. The predicted molar refractivity (Wildman–Crippen MR) is 68.8 cm³/mol. The van der Waals surface area contributed by atoms with Gasteiger partial charge in [-0.3, -0.25) is 4.72 Å². The molecule has 0 aliphatic rings. The van der Waals surface area contributed by atoms with Crippen molar-refractivity contribution >= 4 is 32.4 Å². The molecule has 0 saturated carbocycles. The summed E-state index contributed by atoms with van der Waals surface area (Å²) in [6, 6.07) is 3.34. The van der Waals surface area contributed by atoms with Crippen LogP contribution in [-0.4, -0.2) is 23.2 Å². The molecule has 0 radical (unpaired) electrons. The maximum absolute atomic E-state index is 12.2. The smallest absolute Gasteiger partial charge is 0.264 e. The Morgan fingerprint density at radius 3 is 2.67 bits per heavy atom. The van der Waals surface area contributed by atoms with Crippen molar-refractivity contribution < 1.29 is 8.42 Å². The first-order valence-corrected chi connectivity index (χ1v) is 7.21. The van der Waals surface area contributed by atoms with E-state index in [-0.39, 0.29) is 10.0 Å². The minimum absolute atomic E-state index is 0.122. The summed E-state index contributed by atoms with van der Waals surface area (Å²) in [4.78, 5) is 0.165. The molecule has 18 heavy (non-hydrogen) atoms. The van der Waals surface area contributed by atoms with Crippen LogP contribution in [0.1, 0.15) is 11.1 Å². The largest absolute Gasteiger partial charge is 0.398 e. The summed E-state index contributed by atoms with van der Waals surface area (Å²) in [7, 11) is -3.73. The minimum atomic E-state index is -3.73. The SMILES string of the molecule is Cc1ccc(N)c(C)c1S(=O)(=O)Nc1nnns1. The van der Waals surface area contributed by atoms with Gasteiger partial charge in [-0.25, -0.2) is 8.42 Å². The molecule has 0 spiro atoms. The topological polar surface area (TPSA) is 111 Å². The molecule has 0 aliphatic carbocycles. The molecular formula is C9H11N5O2S2. The summed E-state index contributed by atoms with van der Waals surface area (Å²) in [6.07, 6.45) is 0. The van der Waals surface area contributed by atoms with Crippen LogP contribution in [0.5, 0.6) is 0 Å². The average Bonchev–Trinajstić information content (AvgIpc) is 2.75. The summed E-state index contributed by atoms with van der Waals surface area (Å²) in [5.41, 5.74) is 7.29. The van der Waals surface area contributed by atoms with Crippen molar-refractivity contribution in [3.05, 3.63) is 23.3 Å². The quantitative estimate of drug-likeness (QED) is 0.812. The fourth-order valence-corrected chi connectivity index (χ4v) is 3.68. The minimum Gasteiger partial charge on any atom is -0.398 e. The Kier molecular flexibility index (Phi) is 3.18. The van der Waals surface area contributed by atoms with E-state index in [1.54, 1.807) is 26.0 Å². The molecule has 0 aliphatic heterocycles.